The number of likely N-dealkylation sites (N-methyl/N-ethyl adjacent to an activating group) is 1. The molecule has 0 radical (unpaired) electrons. The number of hydrogen-bond donors (Lipinski definition) is 1. The maximum atomic E-state index is 10.9. The minimum Gasteiger partial charge on any atom is -0.480 e. The lowest BCUT2D eigenvalue weighted by molar-refractivity contribution is -0.143. The third kappa shape index (κ3) is 2.30. The molecule has 0 fully saturated rings. The van der Waals surface area contributed by atoms with Gasteiger partial charge in [0.15, 0.2) is 0 Å². The van der Waals surface area contributed by atoms with E-state index in [0.717, 1.165) is 12.1 Å². The fourth-order valence-electron chi connectivity index (χ4n) is 1.93. The number of carboxylic acids is 1. The van der Waals surface area contributed by atoms with E-state index in [4.69, 9.17) is 5.11 Å². The van der Waals surface area contributed by atoms with Crippen LogP contribution in [0.3, 0.4) is 0 Å². The molecular weight excluding hydrogens is 214 g/mol. The van der Waals surface area contributed by atoms with E-state index < -0.39 is 5.97 Å². The third-order valence-electron chi connectivity index (χ3n) is 2.77. The Kier molecular flexibility index (Phi) is 3.72. The molecule has 1 aliphatic heterocycles. The van der Waals surface area contributed by atoms with Crippen LogP contribution in [0.15, 0.2) is 24.3 Å². The van der Waals surface area contributed by atoms with Crippen molar-refractivity contribution in [2.24, 2.45) is 0 Å². The molecule has 1 N–H and O–H groups in total. The molecule has 1 unspecified atom stereocenters. The van der Waals surface area contributed by atoms with Gasteiger partial charge in [-0.15, -0.1) is 12.4 Å². The fraction of sp³-hybridized carbons (Fsp3) is 0.364. The molecule has 0 saturated carbocycles. The number of rotatable bonds is 1. The number of hydrogen-bond acceptors (Lipinski definition) is 2. The molecule has 1 aliphatic rings. The monoisotopic (exact) mass is 227 g/mol. The van der Waals surface area contributed by atoms with Crippen molar-refractivity contribution in [1.82, 2.24) is 4.90 Å². The number of carboxylic acid groups (broad SMARTS) is 1. The van der Waals surface area contributed by atoms with Crippen LogP contribution >= 0.6 is 12.4 Å². The number of nitrogens with zero attached hydrogens (tertiary/aromatic N) is 1. The standard InChI is InChI=1S/C11H13NO2.ClH/c1-12-7-9-5-3-2-4-8(9)6-10(12)11(13)14;/h2-5,10H,6-7H2,1H3,(H,13,14);1H. The maximum Gasteiger partial charge on any atom is 0.321 e. The Hall–Kier alpha value is -1.06. The quantitative estimate of drug-likeness (QED) is 0.792. The number of aliphatic carboxylic acids is 1. The lowest BCUT2D eigenvalue weighted by Gasteiger charge is -2.30. The molecule has 1 atom stereocenters. The van der Waals surface area contributed by atoms with E-state index in [0.29, 0.717) is 6.42 Å². The van der Waals surface area contributed by atoms with E-state index in [1.165, 1.54) is 5.56 Å². The first-order chi connectivity index (χ1) is 6.68. The normalized spacial score (nSPS) is 20.2. The molecule has 4 heteroatoms. The fourth-order valence-corrected chi connectivity index (χ4v) is 1.93. The van der Waals surface area contributed by atoms with Crippen LogP contribution in [0.2, 0.25) is 0 Å². The zero-order chi connectivity index (χ0) is 10.1. The predicted molar refractivity (Wildman–Crippen MR) is 60.3 cm³/mol. The molecule has 82 valence electrons. The average Bonchev–Trinajstić information content (AvgIpc) is 2.16. The highest BCUT2D eigenvalue weighted by molar-refractivity contribution is 5.85. The van der Waals surface area contributed by atoms with Crippen LogP contribution in [0.5, 0.6) is 0 Å². The molecule has 0 aromatic heterocycles. The molecule has 0 aliphatic carbocycles. The second-order valence-electron chi connectivity index (χ2n) is 3.74. The highest BCUT2D eigenvalue weighted by Crippen LogP contribution is 2.21. The Bertz CT molecular complexity index is 367. The molecule has 3 nitrogen and oxygen atoms in total. The highest BCUT2D eigenvalue weighted by atomic mass is 35.5. The summed E-state index contributed by atoms with van der Waals surface area (Å²) in [5.74, 6) is -0.734. The summed E-state index contributed by atoms with van der Waals surface area (Å²) in [6.07, 6.45) is 0.613. The summed E-state index contributed by atoms with van der Waals surface area (Å²) >= 11 is 0. The first-order valence-electron chi connectivity index (χ1n) is 4.68. The Morgan fingerprint density at radius 1 is 1.40 bits per heavy atom. The first-order valence-corrected chi connectivity index (χ1v) is 4.68. The number of benzene rings is 1. The van der Waals surface area contributed by atoms with Gasteiger partial charge in [0.2, 0.25) is 0 Å². The smallest absolute Gasteiger partial charge is 0.321 e. The molecule has 0 bridgehead atoms. The Balaban J connectivity index is 0.00000112. The largest absolute Gasteiger partial charge is 0.480 e. The Morgan fingerprint density at radius 3 is 2.60 bits per heavy atom. The molecule has 0 saturated heterocycles. The van der Waals surface area contributed by atoms with Crippen LogP contribution < -0.4 is 0 Å². The summed E-state index contributed by atoms with van der Waals surface area (Å²) in [5.41, 5.74) is 2.41. The molecular formula is C11H14ClNO2. The van der Waals surface area contributed by atoms with E-state index in [2.05, 4.69) is 6.07 Å². The van der Waals surface area contributed by atoms with E-state index in [-0.39, 0.29) is 18.4 Å². The van der Waals surface area contributed by atoms with Crippen LogP contribution in [0.1, 0.15) is 11.1 Å². The first kappa shape index (κ1) is 12.0. The van der Waals surface area contributed by atoms with Gasteiger partial charge in [0.05, 0.1) is 0 Å². The van der Waals surface area contributed by atoms with Crippen LogP contribution in [-0.4, -0.2) is 29.1 Å². The van der Waals surface area contributed by atoms with Gasteiger partial charge >= 0.3 is 5.97 Å². The van der Waals surface area contributed by atoms with Crippen molar-refractivity contribution in [3.63, 3.8) is 0 Å². The van der Waals surface area contributed by atoms with E-state index in [9.17, 15) is 4.79 Å². The topological polar surface area (TPSA) is 40.5 Å². The van der Waals surface area contributed by atoms with E-state index >= 15 is 0 Å². The van der Waals surface area contributed by atoms with E-state index in [1.54, 1.807) is 0 Å². The van der Waals surface area contributed by atoms with Crippen LogP contribution in [0.4, 0.5) is 0 Å². The van der Waals surface area contributed by atoms with Crippen molar-refractivity contribution < 1.29 is 9.90 Å². The summed E-state index contributed by atoms with van der Waals surface area (Å²) in [4.78, 5) is 12.8. The van der Waals surface area contributed by atoms with Gasteiger partial charge in [0.1, 0.15) is 6.04 Å². The van der Waals surface area contributed by atoms with Crippen molar-refractivity contribution >= 4 is 18.4 Å². The van der Waals surface area contributed by atoms with Crippen molar-refractivity contribution in [3.05, 3.63) is 35.4 Å². The Labute approximate surface area is 95.1 Å². The van der Waals surface area contributed by atoms with Gasteiger partial charge in [-0.05, 0) is 24.6 Å². The van der Waals surface area contributed by atoms with Gasteiger partial charge in [0, 0.05) is 6.54 Å². The van der Waals surface area contributed by atoms with Crippen LogP contribution in [0.25, 0.3) is 0 Å². The lowest BCUT2D eigenvalue weighted by Crippen LogP contribution is -2.42. The van der Waals surface area contributed by atoms with Gasteiger partial charge in [-0.3, -0.25) is 9.69 Å². The molecule has 2 rings (SSSR count). The van der Waals surface area contributed by atoms with Crippen molar-refractivity contribution in [2.75, 3.05) is 7.05 Å². The summed E-state index contributed by atoms with van der Waals surface area (Å²) in [7, 11) is 1.86. The summed E-state index contributed by atoms with van der Waals surface area (Å²) in [5, 5.41) is 8.99. The van der Waals surface area contributed by atoms with E-state index in [1.807, 2.05) is 30.1 Å². The summed E-state index contributed by atoms with van der Waals surface area (Å²) < 4.78 is 0. The second kappa shape index (κ2) is 4.64. The van der Waals surface area contributed by atoms with Crippen molar-refractivity contribution in [3.8, 4) is 0 Å². The minimum absolute atomic E-state index is 0. The molecule has 15 heavy (non-hydrogen) atoms. The maximum absolute atomic E-state index is 10.9. The van der Waals surface area contributed by atoms with Gasteiger partial charge in [-0.2, -0.15) is 0 Å². The van der Waals surface area contributed by atoms with Gasteiger partial charge in [-0.25, -0.2) is 0 Å². The van der Waals surface area contributed by atoms with Gasteiger partial charge < -0.3 is 5.11 Å². The second-order valence-corrected chi connectivity index (χ2v) is 3.74. The number of fused-ring (bicyclic) bond motifs is 1. The van der Waals surface area contributed by atoms with Crippen molar-refractivity contribution in [2.45, 2.75) is 19.0 Å². The summed E-state index contributed by atoms with van der Waals surface area (Å²) in [6.45, 7) is 0.729. The summed E-state index contributed by atoms with van der Waals surface area (Å²) in [6, 6.07) is 7.66. The molecule has 0 amide bonds. The zero-order valence-corrected chi connectivity index (χ0v) is 9.33. The predicted octanol–water partition coefficient (Wildman–Crippen LogP) is 1.55. The number of carbonyl (C=O) groups is 1. The molecule has 1 aromatic carbocycles. The Morgan fingerprint density at radius 2 is 2.00 bits per heavy atom. The number of halogens is 1. The van der Waals surface area contributed by atoms with Crippen LogP contribution in [-0.2, 0) is 17.8 Å². The third-order valence-corrected chi connectivity index (χ3v) is 2.77. The average molecular weight is 228 g/mol. The molecule has 0 spiro atoms. The van der Waals surface area contributed by atoms with Gasteiger partial charge in [0.25, 0.3) is 0 Å². The zero-order valence-electron chi connectivity index (χ0n) is 8.51. The molecule has 1 heterocycles. The minimum atomic E-state index is -0.734. The SMILES string of the molecule is CN1Cc2ccccc2CC1C(=O)O.Cl. The van der Waals surface area contributed by atoms with Crippen molar-refractivity contribution in [1.29, 1.82) is 0 Å². The lowest BCUT2D eigenvalue weighted by atomic mass is 9.95. The van der Waals surface area contributed by atoms with Gasteiger partial charge in [-0.1, -0.05) is 24.3 Å². The van der Waals surface area contributed by atoms with Crippen LogP contribution in [0, 0.1) is 0 Å². The highest BCUT2D eigenvalue weighted by Gasteiger charge is 2.28. The molecule has 1 aromatic rings.